The van der Waals surface area contributed by atoms with Crippen LogP contribution in [0.5, 0.6) is 0 Å². The van der Waals surface area contributed by atoms with E-state index in [2.05, 4.69) is 25.8 Å². The zero-order valence-corrected chi connectivity index (χ0v) is 24.0. The van der Waals surface area contributed by atoms with E-state index in [-0.39, 0.29) is 24.2 Å². The van der Waals surface area contributed by atoms with Gasteiger partial charge in [-0.2, -0.15) is 10.2 Å². The fraction of sp³-hybridized carbons (Fsp3) is 0.400. The van der Waals surface area contributed by atoms with E-state index < -0.39 is 9.84 Å². The number of likely N-dealkylation sites (N-methyl/N-ethyl adjacent to an activating group) is 1. The molecule has 1 saturated heterocycles. The summed E-state index contributed by atoms with van der Waals surface area (Å²) in [6, 6.07) is 1.99. The molecule has 1 aliphatic heterocycles. The van der Waals surface area contributed by atoms with Crippen LogP contribution in [-0.2, 0) is 25.2 Å². The number of hydrogen-bond donors (Lipinski definition) is 2. The zero-order valence-electron chi connectivity index (χ0n) is 22.3. The topological polar surface area (TPSA) is 153 Å². The maximum absolute atomic E-state index is 13.2. The molecule has 0 unspecified atom stereocenters. The monoisotopic (exact) mass is 586 g/mol. The van der Waals surface area contributed by atoms with Crippen LogP contribution in [-0.4, -0.2) is 88.6 Å². The molecule has 0 atom stereocenters. The van der Waals surface area contributed by atoms with Crippen LogP contribution in [0.25, 0.3) is 15.3 Å². The average Bonchev–Trinajstić information content (AvgIpc) is 3.61. The maximum Gasteiger partial charge on any atom is 0.260 e. The van der Waals surface area contributed by atoms with Crippen molar-refractivity contribution in [2.75, 3.05) is 43.7 Å². The first-order valence-corrected chi connectivity index (χ1v) is 15.5. The molecule has 5 heterocycles. The number of nitrogens with one attached hydrogen (secondary N) is 2. The summed E-state index contributed by atoms with van der Waals surface area (Å²) >= 11 is 1.34. The van der Waals surface area contributed by atoms with E-state index in [0.29, 0.717) is 46.7 Å². The average molecular weight is 587 g/mol. The van der Waals surface area contributed by atoms with Gasteiger partial charge in [0.1, 0.15) is 10.7 Å². The predicted molar refractivity (Wildman–Crippen MR) is 151 cm³/mol. The molecule has 0 bridgehead atoms. The lowest BCUT2D eigenvalue weighted by Gasteiger charge is -2.30. The van der Waals surface area contributed by atoms with E-state index in [4.69, 9.17) is 4.74 Å². The number of aromatic nitrogens is 5. The number of sulfone groups is 1. The summed E-state index contributed by atoms with van der Waals surface area (Å²) in [6.07, 6.45) is 11.0. The first kappa shape index (κ1) is 27.9. The van der Waals surface area contributed by atoms with Crippen LogP contribution < -0.4 is 10.6 Å². The van der Waals surface area contributed by atoms with Gasteiger partial charge in [-0.1, -0.05) is 0 Å². The lowest BCUT2D eigenvalue weighted by molar-refractivity contribution is -0.118. The number of thiazole rings is 1. The van der Waals surface area contributed by atoms with Crippen molar-refractivity contribution in [3.8, 4) is 10.4 Å². The van der Waals surface area contributed by atoms with Crippen LogP contribution in [0.15, 0.2) is 37.1 Å². The number of amides is 2. The van der Waals surface area contributed by atoms with Crippen LogP contribution in [0.1, 0.15) is 28.9 Å². The van der Waals surface area contributed by atoms with Gasteiger partial charge < -0.3 is 15.4 Å². The van der Waals surface area contributed by atoms with Crippen LogP contribution >= 0.6 is 11.3 Å². The number of carbonyl (C=O) groups is 2. The van der Waals surface area contributed by atoms with Gasteiger partial charge in [0, 0.05) is 43.5 Å². The largest absolute Gasteiger partial charge is 0.381 e. The minimum absolute atomic E-state index is 0.166. The van der Waals surface area contributed by atoms with Gasteiger partial charge in [-0.3, -0.25) is 24.2 Å². The van der Waals surface area contributed by atoms with E-state index >= 15 is 0 Å². The normalized spacial score (nSPS) is 14.6. The number of rotatable bonds is 9. The third kappa shape index (κ3) is 6.55. The summed E-state index contributed by atoms with van der Waals surface area (Å²) in [6.45, 7) is 3.41. The molecule has 4 aromatic rings. The van der Waals surface area contributed by atoms with E-state index in [0.717, 1.165) is 29.5 Å². The van der Waals surface area contributed by atoms with Crippen molar-refractivity contribution >= 4 is 49.2 Å². The van der Waals surface area contributed by atoms with Gasteiger partial charge in [-0.05, 0) is 32.9 Å². The molecule has 0 aliphatic carbocycles. The number of carbonyl (C=O) groups excluding carboxylic acids is 2. The Labute approximate surface area is 235 Å². The Morgan fingerprint density at radius 2 is 1.93 bits per heavy atom. The summed E-state index contributed by atoms with van der Waals surface area (Å²) in [4.78, 5) is 33.7. The molecule has 2 N–H and O–H groups in total. The van der Waals surface area contributed by atoms with Gasteiger partial charge in [-0.25, -0.2) is 12.9 Å². The van der Waals surface area contributed by atoms with Crippen molar-refractivity contribution in [2.24, 2.45) is 0 Å². The zero-order chi connectivity index (χ0) is 28.4. The van der Waals surface area contributed by atoms with E-state index in [1.165, 1.54) is 22.2 Å². The number of aryl methyl sites for hydroxylation is 1. The minimum Gasteiger partial charge on any atom is -0.381 e. The van der Waals surface area contributed by atoms with Gasteiger partial charge in [0.15, 0.2) is 9.84 Å². The predicted octanol–water partition coefficient (Wildman–Crippen LogP) is 2.27. The second-order valence-corrected chi connectivity index (χ2v) is 13.0. The lowest BCUT2D eigenvalue weighted by atomic mass is 10.1. The first-order valence-electron chi connectivity index (χ1n) is 12.6. The first-order chi connectivity index (χ1) is 19.1. The summed E-state index contributed by atoms with van der Waals surface area (Å²) in [5.41, 5.74) is 2.64. The van der Waals surface area contributed by atoms with Gasteiger partial charge >= 0.3 is 0 Å². The number of anilines is 2. The smallest absolute Gasteiger partial charge is 0.260 e. The van der Waals surface area contributed by atoms with Crippen molar-refractivity contribution in [3.63, 3.8) is 0 Å². The Hall–Kier alpha value is -3.66. The molecule has 1 aliphatic rings. The van der Waals surface area contributed by atoms with E-state index in [1.54, 1.807) is 42.3 Å². The SMILES string of the molecule is Cc1ncc(NC(=O)CN(C)C2CCOCC2)cc1NC(=O)c1cnn2cc(-c3cnn(CS(C)(=O)=O)c3)sc12. The molecule has 5 rings (SSSR count). The van der Waals surface area contributed by atoms with Crippen molar-refractivity contribution in [2.45, 2.75) is 31.7 Å². The molecule has 15 heteroatoms. The highest BCUT2D eigenvalue weighted by atomic mass is 32.2. The molecular formula is C25H30N8O5S2. The molecule has 0 radical (unpaired) electrons. The molecule has 4 aromatic heterocycles. The summed E-state index contributed by atoms with van der Waals surface area (Å²) in [7, 11) is -1.30. The highest BCUT2D eigenvalue weighted by Crippen LogP contribution is 2.31. The van der Waals surface area contributed by atoms with Gasteiger partial charge in [0.2, 0.25) is 5.91 Å². The summed E-state index contributed by atoms with van der Waals surface area (Å²) in [5, 5.41) is 14.2. The standard InChI is InChI=1S/C25H30N8O5S2/c1-16-21(8-18(10-26-16)29-23(34)14-31(2)19-4-6-38-7-5-19)30-24(35)20-11-28-33-13-22(39-25(20)33)17-9-27-32(12-17)15-40(3,36)37/h8-13,19H,4-7,14-15H2,1-3H3,(H,29,34)(H,30,35). The highest BCUT2D eigenvalue weighted by Gasteiger charge is 2.21. The van der Waals surface area contributed by atoms with Gasteiger partial charge in [-0.15, -0.1) is 11.3 Å². The molecular weight excluding hydrogens is 556 g/mol. The third-order valence-corrected chi connectivity index (χ3v) is 8.45. The molecule has 13 nitrogen and oxygen atoms in total. The highest BCUT2D eigenvalue weighted by molar-refractivity contribution is 7.89. The van der Waals surface area contributed by atoms with Crippen LogP contribution in [0.4, 0.5) is 11.4 Å². The van der Waals surface area contributed by atoms with Crippen LogP contribution in [0.3, 0.4) is 0 Å². The van der Waals surface area contributed by atoms with Gasteiger partial charge in [0.25, 0.3) is 5.91 Å². The molecule has 0 spiro atoms. The summed E-state index contributed by atoms with van der Waals surface area (Å²) < 4.78 is 31.5. The van der Waals surface area contributed by atoms with E-state index in [1.807, 2.05) is 11.9 Å². The third-order valence-electron chi connectivity index (χ3n) is 6.55. The van der Waals surface area contributed by atoms with Crippen LogP contribution in [0.2, 0.25) is 0 Å². The fourth-order valence-electron chi connectivity index (χ4n) is 4.48. The quantitative estimate of drug-likeness (QED) is 0.301. The fourth-order valence-corrected chi connectivity index (χ4v) is 6.13. The second kappa shape index (κ2) is 11.4. The molecule has 40 heavy (non-hydrogen) atoms. The molecule has 0 aromatic carbocycles. The lowest BCUT2D eigenvalue weighted by Crippen LogP contribution is -2.41. The number of fused-ring (bicyclic) bond motifs is 1. The Balaban J connectivity index is 1.27. The van der Waals surface area contributed by atoms with Crippen molar-refractivity contribution in [1.82, 2.24) is 29.3 Å². The molecule has 212 valence electrons. The second-order valence-electron chi connectivity index (χ2n) is 9.84. The van der Waals surface area contributed by atoms with Crippen LogP contribution in [0, 0.1) is 6.92 Å². The minimum atomic E-state index is -3.23. The molecule has 2 amide bonds. The van der Waals surface area contributed by atoms with E-state index in [9.17, 15) is 18.0 Å². The Morgan fingerprint density at radius 1 is 1.15 bits per heavy atom. The maximum atomic E-state index is 13.2. The number of hydrogen-bond acceptors (Lipinski definition) is 10. The van der Waals surface area contributed by atoms with Crippen molar-refractivity contribution in [3.05, 3.63) is 48.3 Å². The molecule has 1 fully saturated rings. The van der Waals surface area contributed by atoms with Gasteiger partial charge in [0.05, 0.1) is 52.6 Å². The van der Waals surface area contributed by atoms with Crippen molar-refractivity contribution in [1.29, 1.82) is 0 Å². The number of nitrogens with zero attached hydrogens (tertiary/aromatic N) is 6. The molecule has 0 saturated carbocycles. The number of pyridine rings is 1. The Kier molecular flexibility index (Phi) is 7.98. The Bertz CT molecular complexity index is 1650. The summed E-state index contributed by atoms with van der Waals surface area (Å²) in [5.74, 6) is -0.757. The Morgan fingerprint density at radius 3 is 2.67 bits per heavy atom. The van der Waals surface area contributed by atoms with Crippen molar-refractivity contribution < 1.29 is 22.7 Å². The number of ether oxygens (including phenoxy) is 1.